The predicted molar refractivity (Wildman–Crippen MR) is 44.1 cm³/mol. The van der Waals surface area contributed by atoms with E-state index in [0.717, 1.165) is 19.3 Å². The van der Waals surface area contributed by atoms with Crippen molar-refractivity contribution in [3.63, 3.8) is 0 Å². The molecule has 0 radical (unpaired) electrons. The van der Waals surface area contributed by atoms with E-state index >= 15 is 0 Å². The van der Waals surface area contributed by atoms with Gasteiger partial charge in [-0.25, -0.2) is 0 Å². The standard InChI is InChI=1S/C9H14O2/c1-3-4-5-6-8(2)7-9(10)11/h1,8H,4-7H2,2H3,(H,10,11). The van der Waals surface area contributed by atoms with Crippen molar-refractivity contribution in [2.75, 3.05) is 0 Å². The molecule has 0 aromatic heterocycles. The summed E-state index contributed by atoms with van der Waals surface area (Å²) in [4.78, 5) is 10.2. The van der Waals surface area contributed by atoms with Gasteiger partial charge < -0.3 is 5.11 Å². The fourth-order valence-electron chi connectivity index (χ4n) is 0.953. The average molecular weight is 154 g/mol. The van der Waals surface area contributed by atoms with Gasteiger partial charge in [0.25, 0.3) is 0 Å². The molecule has 2 heteroatoms. The molecule has 0 fully saturated rings. The van der Waals surface area contributed by atoms with Crippen LogP contribution < -0.4 is 0 Å². The van der Waals surface area contributed by atoms with Crippen LogP contribution in [-0.2, 0) is 4.79 Å². The summed E-state index contributed by atoms with van der Waals surface area (Å²) in [5.74, 6) is 2.06. The summed E-state index contributed by atoms with van der Waals surface area (Å²) in [7, 11) is 0. The number of carboxylic acids is 1. The van der Waals surface area contributed by atoms with E-state index in [1.54, 1.807) is 0 Å². The highest BCUT2D eigenvalue weighted by Crippen LogP contribution is 2.10. The van der Waals surface area contributed by atoms with Crippen molar-refractivity contribution in [1.82, 2.24) is 0 Å². The Labute approximate surface area is 67.6 Å². The second kappa shape index (κ2) is 5.79. The Balaban J connectivity index is 3.31. The number of carbonyl (C=O) groups is 1. The zero-order valence-electron chi connectivity index (χ0n) is 6.84. The molecule has 0 aliphatic carbocycles. The molecular formula is C9H14O2. The highest BCUT2D eigenvalue weighted by molar-refractivity contribution is 5.66. The van der Waals surface area contributed by atoms with Crippen LogP contribution >= 0.6 is 0 Å². The number of hydrogen-bond acceptors (Lipinski definition) is 1. The van der Waals surface area contributed by atoms with Gasteiger partial charge in [0.1, 0.15) is 0 Å². The van der Waals surface area contributed by atoms with E-state index in [-0.39, 0.29) is 12.3 Å². The van der Waals surface area contributed by atoms with Crippen LogP contribution in [-0.4, -0.2) is 11.1 Å². The zero-order valence-corrected chi connectivity index (χ0v) is 6.84. The molecule has 0 aliphatic rings. The van der Waals surface area contributed by atoms with Crippen LogP contribution in [0.15, 0.2) is 0 Å². The smallest absolute Gasteiger partial charge is 0.303 e. The molecule has 1 atom stereocenters. The van der Waals surface area contributed by atoms with Crippen LogP contribution in [0, 0.1) is 18.3 Å². The van der Waals surface area contributed by atoms with E-state index in [1.165, 1.54) is 0 Å². The molecule has 0 saturated heterocycles. The van der Waals surface area contributed by atoms with Crippen molar-refractivity contribution >= 4 is 5.97 Å². The van der Waals surface area contributed by atoms with Gasteiger partial charge in [0.15, 0.2) is 0 Å². The monoisotopic (exact) mass is 154 g/mol. The van der Waals surface area contributed by atoms with Crippen molar-refractivity contribution in [3.05, 3.63) is 0 Å². The van der Waals surface area contributed by atoms with E-state index in [4.69, 9.17) is 11.5 Å². The van der Waals surface area contributed by atoms with Gasteiger partial charge in [-0.1, -0.05) is 6.92 Å². The minimum atomic E-state index is -0.724. The molecule has 2 nitrogen and oxygen atoms in total. The van der Waals surface area contributed by atoms with Gasteiger partial charge >= 0.3 is 5.97 Å². The van der Waals surface area contributed by atoms with Gasteiger partial charge in [-0.15, -0.1) is 12.3 Å². The molecule has 0 aliphatic heterocycles. The quantitative estimate of drug-likeness (QED) is 0.485. The highest BCUT2D eigenvalue weighted by Gasteiger charge is 2.05. The Morgan fingerprint density at radius 2 is 2.36 bits per heavy atom. The van der Waals surface area contributed by atoms with Crippen molar-refractivity contribution in [2.24, 2.45) is 5.92 Å². The maximum absolute atomic E-state index is 10.2. The van der Waals surface area contributed by atoms with Crippen molar-refractivity contribution in [1.29, 1.82) is 0 Å². The number of carboxylic acid groups (broad SMARTS) is 1. The first-order chi connectivity index (χ1) is 5.16. The first-order valence-electron chi connectivity index (χ1n) is 3.82. The molecule has 62 valence electrons. The van der Waals surface area contributed by atoms with E-state index < -0.39 is 5.97 Å². The molecule has 0 spiro atoms. The summed E-state index contributed by atoms with van der Waals surface area (Å²) in [6.07, 6.45) is 7.91. The molecule has 1 N–H and O–H groups in total. The summed E-state index contributed by atoms with van der Waals surface area (Å²) < 4.78 is 0. The van der Waals surface area contributed by atoms with Gasteiger partial charge in [0.05, 0.1) is 0 Å². The molecule has 0 aromatic carbocycles. The lowest BCUT2D eigenvalue weighted by Crippen LogP contribution is -2.03. The van der Waals surface area contributed by atoms with Gasteiger partial charge in [-0.2, -0.15) is 0 Å². The summed E-state index contributed by atoms with van der Waals surface area (Å²) in [6, 6.07) is 0. The first-order valence-corrected chi connectivity index (χ1v) is 3.82. The predicted octanol–water partition coefficient (Wildman–Crippen LogP) is 1.90. The molecular weight excluding hydrogens is 140 g/mol. The Bertz CT molecular complexity index is 155. The third kappa shape index (κ3) is 6.92. The van der Waals surface area contributed by atoms with Crippen LogP contribution in [0.3, 0.4) is 0 Å². The lowest BCUT2D eigenvalue weighted by atomic mass is 10.0. The Morgan fingerprint density at radius 3 is 2.82 bits per heavy atom. The second-order valence-electron chi connectivity index (χ2n) is 2.80. The summed E-state index contributed by atoms with van der Waals surface area (Å²) in [6.45, 7) is 1.94. The SMILES string of the molecule is C#CCCCC(C)CC(=O)O. The largest absolute Gasteiger partial charge is 0.481 e. The van der Waals surface area contributed by atoms with Gasteiger partial charge in [-0.3, -0.25) is 4.79 Å². The minimum absolute atomic E-state index is 0.251. The maximum Gasteiger partial charge on any atom is 0.303 e. The van der Waals surface area contributed by atoms with E-state index in [9.17, 15) is 4.79 Å². The molecule has 0 heterocycles. The van der Waals surface area contributed by atoms with Gasteiger partial charge in [-0.05, 0) is 18.8 Å². The molecule has 0 aromatic rings. The minimum Gasteiger partial charge on any atom is -0.481 e. The van der Waals surface area contributed by atoms with Gasteiger partial charge in [0.2, 0.25) is 0 Å². The Kier molecular flexibility index (Phi) is 5.28. The van der Waals surface area contributed by atoms with Gasteiger partial charge in [0, 0.05) is 12.8 Å². The lowest BCUT2D eigenvalue weighted by Gasteiger charge is -2.05. The van der Waals surface area contributed by atoms with Crippen molar-refractivity contribution in [3.8, 4) is 12.3 Å². The average Bonchev–Trinajstić information content (AvgIpc) is 1.86. The maximum atomic E-state index is 10.2. The fraction of sp³-hybridized carbons (Fsp3) is 0.667. The number of hydrogen-bond donors (Lipinski definition) is 1. The summed E-state index contributed by atoms with van der Waals surface area (Å²) >= 11 is 0. The third-order valence-electron chi connectivity index (χ3n) is 1.54. The molecule has 0 saturated carbocycles. The van der Waals surface area contributed by atoms with Crippen molar-refractivity contribution in [2.45, 2.75) is 32.6 Å². The van der Waals surface area contributed by atoms with Crippen LogP contribution in [0.2, 0.25) is 0 Å². The fourth-order valence-corrected chi connectivity index (χ4v) is 0.953. The van der Waals surface area contributed by atoms with Crippen LogP contribution in [0.5, 0.6) is 0 Å². The number of unbranched alkanes of at least 4 members (excludes halogenated alkanes) is 1. The molecule has 0 rings (SSSR count). The van der Waals surface area contributed by atoms with E-state index in [0.29, 0.717) is 0 Å². The normalized spacial score (nSPS) is 12.0. The number of aliphatic carboxylic acids is 1. The zero-order chi connectivity index (χ0) is 8.69. The lowest BCUT2D eigenvalue weighted by molar-refractivity contribution is -0.138. The van der Waals surface area contributed by atoms with Crippen molar-refractivity contribution < 1.29 is 9.90 Å². The topological polar surface area (TPSA) is 37.3 Å². The van der Waals surface area contributed by atoms with E-state index in [2.05, 4.69) is 5.92 Å². The molecule has 0 amide bonds. The summed E-state index contributed by atoms with van der Waals surface area (Å²) in [5.41, 5.74) is 0. The second-order valence-corrected chi connectivity index (χ2v) is 2.80. The molecule has 1 unspecified atom stereocenters. The number of terminal acetylenes is 1. The Morgan fingerprint density at radius 1 is 1.73 bits per heavy atom. The highest BCUT2D eigenvalue weighted by atomic mass is 16.4. The third-order valence-corrected chi connectivity index (χ3v) is 1.54. The van der Waals surface area contributed by atoms with Crippen LogP contribution in [0.25, 0.3) is 0 Å². The van der Waals surface area contributed by atoms with E-state index in [1.807, 2.05) is 6.92 Å². The van der Waals surface area contributed by atoms with Crippen LogP contribution in [0.4, 0.5) is 0 Å². The molecule has 0 bridgehead atoms. The van der Waals surface area contributed by atoms with Crippen LogP contribution in [0.1, 0.15) is 32.6 Å². The molecule has 11 heavy (non-hydrogen) atoms. The number of rotatable bonds is 5. The summed E-state index contributed by atoms with van der Waals surface area (Å²) in [5, 5.41) is 8.40. The first kappa shape index (κ1) is 10.0. The Hall–Kier alpha value is -0.970.